The number of carboxylic acid groups (broad SMARTS) is 1. The Morgan fingerprint density at radius 3 is 3.00 bits per heavy atom. The van der Waals surface area contributed by atoms with Crippen LogP contribution in [0.1, 0.15) is 16.1 Å². The molecule has 1 aliphatic heterocycles. The number of aromatic carboxylic acids is 1. The summed E-state index contributed by atoms with van der Waals surface area (Å²) in [6.07, 6.45) is 1.01. The second kappa shape index (κ2) is 2.76. The highest BCUT2D eigenvalue weighted by atomic mass is 16.4. The van der Waals surface area contributed by atoms with E-state index < -0.39 is 5.97 Å². The molecule has 0 spiro atoms. The number of anilines is 1. The molecule has 4 nitrogen and oxygen atoms in total. The molecule has 0 radical (unpaired) electrons. The van der Waals surface area contributed by atoms with Crippen LogP contribution in [0.5, 0.6) is 0 Å². The smallest absolute Gasteiger partial charge is 0.352 e. The molecule has 0 atom stereocenters. The van der Waals surface area contributed by atoms with Gasteiger partial charge < -0.3 is 15.4 Å². The number of hydrogen-bond donors (Lipinski definition) is 3. The number of H-pyrrole nitrogens is 1. The van der Waals surface area contributed by atoms with Gasteiger partial charge in [0, 0.05) is 23.1 Å². The molecule has 15 heavy (non-hydrogen) atoms. The molecule has 2 aromatic rings. The van der Waals surface area contributed by atoms with Crippen LogP contribution in [0.4, 0.5) is 5.69 Å². The second-order valence-electron chi connectivity index (χ2n) is 3.76. The lowest BCUT2D eigenvalue weighted by Gasteiger charge is -1.98. The summed E-state index contributed by atoms with van der Waals surface area (Å²) in [7, 11) is 0. The maximum absolute atomic E-state index is 10.8. The number of carbonyl (C=O) groups is 1. The summed E-state index contributed by atoms with van der Waals surface area (Å²) < 4.78 is 0. The Hall–Kier alpha value is -1.97. The average molecular weight is 202 g/mol. The molecule has 1 aromatic carbocycles. The van der Waals surface area contributed by atoms with E-state index in [4.69, 9.17) is 5.11 Å². The minimum atomic E-state index is -0.917. The van der Waals surface area contributed by atoms with E-state index in [2.05, 4.69) is 10.3 Å². The summed E-state index contributed by atoms with van der Waals surface area (Å²) in [4.78, 5) is 13.7. The van der Waals surface area contributed by atoms with E-state index in [-0.39, 0.29) is 5.69 Å². The van der Waals surface area contributed by atoms with Crippen molar-refractivity contribution in [3.63, 3.8) is 0 Å². The third-order valence-corrected chi connectivity index (χ3v) is 2.78. The largest absolute Gasteiger partial charge is 0.477 e. The van der Waals surface area contributed by atoms with E-state index in [1.165, 1.54) is 5.56 Å². The van der Waals surface area contributed by atoms with E-state index in [0.29, 0.717) is 0 Å². The highest BCUT2D eigenvalue weighted by Gasteiger charge is 2.13. The van der Waals surface area contributed by atoms with E-state index in [1.807, 2.05) is 12.1 Å². The highest BCUT2D eigenvalue weighted by molar-refractivity contribution is 5.95. The summed E-state index contributed by atoms with van der Waals surface area (Å²) in [5, 5.41) is 13.1. The first-order valence-electron chi connectivity index (χ1n) is 4.87. The standard InChI is InChI=1S/C11H10N2O2/c14-11(15)10-5-7-4-8-6(1-2-12-8)3-9(7)13-10/h3-5,12-13H,1-2H2,(H,14,15). The Labute approximate surface area is 85.9 Å². The molecule has 3 rings (SSSR count). The number of nitrogens with one attached hydrogen (secondary N) is 2. The Morgan fingerprint density at radius 2 is 2.20 bits per heavy atom. The molecule has 4 heteroatoms. The van der Waals surface area contributed by atoms with Crippen molar-refractivity contribution >= 4 is 22.6 Å². The van der Waals surface area contributed by atoms with Crippen LogP contribution in [0.25, 0.3) is 10.9 Å². The Bertz CT molecular complexity index is 516. The molecule has 0 saturated carbocycles. The summed E-state index contributed by atoms with van der Waals surface area (Å²) in [5.41, 5.74) is 3.52. The highest BCUT2D eigenvalue weighted by Crippen LogP contribution is 2.28. The monoisotopic (exact) mass is 202 g/mol. The van der Waals surface area contributed by atoms with Crippen LogP contribution in [0.15, 0.2) is 18.2 Å². The van der Waals surface area contributed by atoms with Gasteiger partial charge in [0.2, 0.25) is 0 Å². The fraction of sp³-hybridized carbons (Fsp3) is 0.182. The van der Waals surface area contributed by atoms with Gasteiger partial charge in [-0.3, -0.25) is 0 Å². The predicted molar refractivity (Wildman–Crippen MR) is 57.5 cm³/mol. The Balaban J connectivity index is 2.24. The summed E-state index contributed by atoms with van der Waals surface area (Å²) in [6.45, 7) is 0.966. The molecule has 0 saturated heterocycles. The molecule has 0 bridgehead atoms. The number of fused-ring (bicyclic) bond motifs is 2. The minimum absolute atomic E-state index is 0.244. The van der Waals surface area contributed by atoms with Gasteiger partial charge >= 0.3 is 5.97 Å². The summed E-state index contributed by atoms with van der Waals surface area (Å²) in [6, 6.07) is 5.69. The lowest BCUT2D eigenvalue weighted by atomic mass is 10.1. The number of benzene rings is 1. The van der Waals surface area contributed by atoms with Crippen molar-refractivity contribution in [1.29, 1.82) is 0 Å². The van der Waals surface area contributed by atoms with Crippen LogP contribution in [-0.4, -0.2) is 22.6 Å². The maximum atomic E-state index is 10.8. The summed E-state index contributed by atoms with van der Waals surface area (Å²) >= 11 is 0. The molecular weight excluding hydrogens is 192 g/mol. The molecule has 0 fully saturated rings. The van der Waals surface area contributed by atoms with Gasteiger partial charge in [-0.1, -0.05) is 0 Å². The third kappa shape index (κ3) is 1.18. The molecule has 0 aliphatic carbocycles. The molecule has 0 amide bonds. The van der Waals surface area contributed by atoms with Crippen molar-refractivity contribution in [1.82, 2.24) is 4.98 Å². The number of hydrogen-bond acceptors (Lipinski definition) is 2. The van der Waals surface area contributed by atoms with Gasteiger partial charge in [0.15, 0.2) is 0 Å². The number of rotatable bonds is 1. The zero-order valence-electron chi connectivity index (χ0n) is 8.00. The van der Waals surface area contributed by atoms with Crippen LogP contribution < -0.4 is 5.32 Å². The van der Waals surface area contributed by atoms with Gasteiger partial charge in [-0.2, -0.15) is 0 Å². The molecule has 1 aliphatic rings. The summed E-state index contributed by atoms with van der Waals surface area (Å²) in [5.74, 6) is -0.917. The molecule has 3 N–H and O–H groups in total. The van der Waals surface area contributed by atoms with E-state index in [0.717, 1.165) is 29.6 Å². The first-order chi connectivity index (χ1) is 7.24. The first-order valence-corrected chi connectivity index (χ1v) is 4.87. The van der Waals surface area contributed by atoms with E-state index >= 15 is 0 Å². The van der Waals surface area contributed by atoms with Crippen molar-refractivity contribution in [2.75, 3.05) is 11.9 Å². The van der Waals surface area contributed by atoms with Crippen LogP contribution in [0, 0.1) is 0 Å². The normalized spacial score (nSPS) is 13.9. The SMILES string of the molecule is O=C(O)c1cc2cc3c(cc2[nH]1)CCN3. The van der Waals surface area contributed by atoms with Gasteiger partial charge in [0.25, 0.3) is 0 Å². The predicted octanol–water partition coefficient (Wildman–Crippen LogP) is 1.83. The van der Waals surface area contributed by atoms with Crippen LogP contribution in [-0.2, 0) is 6.42 Å². The number of aromatic nitrogens is 1. The maximum Gasteiger partial charge on any atom is 0.352 e. The second-order valence-corrected chi connectivity index (χ2v) is 3.76. The van der Waals surface area contributed by atoms with Crippen molar-refractivity contribution in [3.8, 4) is 0 Å². The Kier molecular flexibility index (Phi) is 1.54. The number of carboxylic acids is 1. The van der Waals surface area contributed by atoms with Crippen molar-refractivity contribution in [2.24, 2.45) is 0 Å². The average Bonchev–Trinajstić information content (AvgIpc) is 2.77. The lowest BCUT2D eigenvalue weighted by Crippen LogP contribution is -1.94. The van der Waals surface area contributed by atoms with Gasteiger partial charge in [0.1, 0.15) is 5.69 Å². The first kappa shape index (κ1) is 8.35. The lowest BCUT2D eigenvalue weighted by molar-refractivity contribution is 0.0691. The van der Waals surface area contributed by atoms with Gasteiger partial charge in [-0.25, -0.2) is 4.79 Å². The van der Waals surface area contributed by atoms with Crippen LogP contribution in [0.2, 0.25) is 0 Å². The molecule has 1 aromatic heterocycles. The molecule has 0 unspecified atom stereocenters. The van der Waals surface area contributed by atoms with Gasteiger partial charge in [-0.15, -0.1) is 0 Å². The van der Waals surface area contributed by atoms with Crippen molar-refractivity contribution in [3.05, 3.63) is 29.5 Å². The van der Waals surface area contributed by atoms with Crippen LogP contribution in [0.3, 0.4) is 0 Å². The van der Waals surface area contributed by atoms with E-state index in [9.17, 15) is 4.79 Å². The quantitative estimate of drug-likeness (QED) is 0.661. The molecule has 2 heterocycles. The van der Waals surface area contributed by atoms with Crippen LogP contribution >= 0.6 is 0 Å². The van der Waals surface area contributed by atoms with Gasteiger partial charge in [-0.05, 0) is 30.2 Å². The fourth-order valence-electron chi connectivity index (χ4n) is 2.04. The Morgan fingerprint density at radius 1 is 1.33 bits per heavy atom. The minimum Gasteiger partial charge on any atom is -0.477 e. The molecular formula is C11H10N2O2. The van der Waals surface area contributed by atoms with Gasteiger partial charge in [0.05, 0.1) is 0 Å². The zero-order valence-corrected chi connectivity index (χ0v) is 8.00. The molecule has 76 valence electrons. The van der Waals surface area contributed by atoms with E-state index in [1.54, 1.807) is 6.07 Å². The van der Waals surface area contributed by atoms with Crippen molar-refractivity contribution in [2.45, 2.75) is 6.42 Å². The topological polar surface area (TPSA) is 65.1 Å². The third-order valence-electron chi connectivity index (χ3n) is 2.78. The fourth-order valence-corrected chi connectivity index (χ4v) is 2.04. The van der Waals surface area contributed by atoms with Crippen molar-refractivity contribution < 1.29 is 9.90 Å². The number of aromatic amines is 1. The zero-order chi connectivity index (χ0) is 10.4.